The Morgan fingerprint density at radius 2 is 2.05 bits per heavy atom. The number of para-hydroxylation sites is 1. The second kappa shape index (κ2) is 5.28. The van der Waals surface area contributed by atoms with E-state index in [1.807, 2.05) is 41.4 Å². The summed E-state index contributed by atoms with van der Waals surface area (Å²) in [7, 11) is 0. The fraction of sp³-hybridized carbons (Fsp3) is 0.267. The third-order valence-corrected chi connectivity index (χ3v) is 3.35. The highest BCUT2D eigenvalue weighted by molar-refractivity contribution is 5.96. The van der Waals surface area contributed by atoms with Gasteiger partial charge in [-0.15, -0.1) is 0 Å². The van der Waals surface area contributed by atoms with Crippen molar-refractivity contribution in [2.45, 2.75) is 0 Å². The molecule has 1 aromatic heterocycles. The van der Waals surface area contributed by atoms with Crippen LogP contribution in [0.1, 0.15) is 5.56 Å². The number of hydrogen-bond donors (Lipinski definition) is 1. The van der Waals surface area contributed by atoms with Gasteiger partial charge in [-0.3, -0.25) is 4.79 Å². The number of fused-ring (bicyclic) bond motifs is 1. The monoisotopic (exact) mass is 256 g/mol. The zero-order valence-electron chi connectivity index (χ0n) is 10.6. The number of aromatic amines is 1. The molecule has 3 rings (SSSR count). The summed E-state index contributed by atoms with van der Waals surface area (Å²) in [6.07, 6.45) is 5.44. The van der Waals surface area contributed by atoms with Crippen LogP contribution in [-0.2, 0) is 9.53 Å². The molecule has 0 radical (unpaired) electrons. The van der Waals surface area contributed by atoms with Gasteiger partial charge in [0, 0.05) is 36.3 Å². The van der Waals surface area contributed by atoms with Crippen LogP contribution in [0, 0.1) is 0 Å². The van der Waals surface area contributed by atoms with E-state index in [4.69, 9.17) is 4.74 Å². The quantitative estimate of drug-likeness (QED) is 0.836. The van der Waals surface area contributed by atoms with Crippen molar-refractivity contribution in [2.24, 2.45) is 0 Å². The molecule has 0 unspecified atom stereocenters. The highest BCUT2D eigenvalue weighted by Gasteiger charge is 2.14. The molecule has 1 aromatic carbocycles. The maximum absolute atomic E-state index is 12.0. The van der Waals surface area contributed by atoms with Crippen LogP contribution in [0.2, 0.25) is 0 Å². The third kappa shape index (κ3) is 2.53. The third-order valence-electron chi connectivity index (χ3n) is 3.35. The molecule has 1 aliphatic heterocycles. The van der Waals surface area contributed by atoms with E-state index in [0.717, 1.165) is 16.5 Å². The van der Waals surface area contributed by atoms with Gasteiger partial charge in [0.2, 0.25) is 5.91 Å². The van der Waals surface area contributed by atoms with Crippen LogP contribution in [-0.4, -0.2) is 42.1 Å². The lowest BCUT2D eigenvalue weighted by Gasteiger charge is -2.25. The van der Waals surface area contributed by atoms with Gasteiger partial charge in [0.15, 0.2) is 0 Å². The molecule has 1 fully saturated rings. The molecule has 19 heavy (non-hydrogen) atoms. The standard InChI is InChI=1S/C15H16N2O2/c18-15(17-7-9-19-10-8-17)6-5-12-11-16-14-4-2-1-3-13(12)14/h1-6,11,16H,7-10H2. The highest BCUT2D eigenvalue weighted by atomic mass is 16.5. The van der Waals surface area contributed by atoms with Crippen molar-refractivity contribution in [2.75, 3.05) is 26.3 Å². The number of carbonyl (C=O) groups excluding carboxylic acids is 1. The van der Waals surface area contributed by atoms with Crippen LogP contribution in [0.3, 0.4) is 0 Å². The summed E-state index contributed by atoms with van der Waals surface area (Å²) < 4.78 is 5.23. The van der Waals surface area contributed by atoms with E-state index in [9.17, 15) is 4.79 Å². The van der Waals surface area contributed by atoms with Crippen LogP contribution >= 0.6 is 0 Å². The molecule has 1 N–H and O–H groups in total. The summed E-state index contributed by atoms with van der Waals surface area (Å²) in [5.74, 6) is 0.0496. The maximum atomic E-state index is 12.0. The topological polar surface area (TPSA) is 45.3 Å². The van der Waals surface area contributed by atoms with Gasteiger partial charge in [0.1, 0.15) is 0 Å². The summed E-state index contributed by atoms with van der Waals surface area (Å²) in [6.45, 7) is 2.62. The van der Waals surface area contributed by atoms with Gasteiger partial charge in [0.25, 0.3) is 0 Å². The number of aromatic nitrogens is 1. The molecule has 0 bridgehead atoms. The average molecular weight is 256 g/mol. The van der Waals surface area contributed by atoms with Gasteiger partial charge >= 0.3 is 0 Å². The van der Waals surface area contributed by atoms with Gasteiger partial charge in [-0.25, -0.2) is 0 Å². The minimum Gasteiger partial charge on any atom is -0.378 e. The molecule has 98 valence electrons. The molecular weight excluding hydrogens is 240 g/mol. The minimum atomic E-state index is 0.0496. The number of nitrogens with one attached hydrogen (secondary N) is 1. The summed E-state index contributed by atoms with van der Waals surface area (Å²) >= 11 is 0. The van der Waals surface area contributed by atoms with E-state index in [-0.39, 0.29) is 5.91 Å². The fourth-order valence-electron chi connectivity index (χ4n) is 2.28. The highest BCUT2D eigenvalue weighted by Crippen LogP contribution is 2.18. The second-order valence-corrected chi connectivity index (χ2v) is 4.56. The zero-order valence-corrected chi connectivity index (χ0v) is 10.6. The van der Waals surface area contributed by atoms with Crippen molar-refractivity contribution >= 4 is 22.9 Å². The second-order valence-electron chi connectivity index (χ2n) is 4.56. The SMILES string of the molecule is O=C(C=Cc1c[nH]c2ccccc12)N1CCOCC1. The van der Waals surface area contributed by atoms with E-state index in [1.54, 1.807) is 6.08 Å². The van der Waals surface area contributed by atoms with E-state index < -0.39 is 0 Å². The molecule has 2 heterocycles. The van der Waals surface area contributed by atoms with Crippen molar-refractivity contribution in [3.63, 3.8) is 0 Å². The molecule has 0 aliphatic carbocycles. The van der Waals surface area contributed by atoms with Crippen molar-refractivity contribution in [3.05, 3.63) is 42.1 Å². The Morgan fingerprint density at radius 3 is 2.89 bits per heavy atom. The van der Waals surface area contributed by atoms with E-state index >= 15 is 0 Å². The van der Waals surface area contributed by atoms with Crippen LogP contribution < -0.4 is 0 Å². The van der Waals surface area contributed by atoms with Crippen molar-refractivity contribution < 1.29 is 9.53 Å². The Morgan fingerprint density at radius 1 is 1.26 bits per heavy atom. The average Bonchev–Trinajstić information content (AvgIpc) is 2.89. The predicted octanol–water partition coefficient (Wildman–Crippen LogP) is 2.04. The molecule has 0 saturated carbocycles. The van der Waals surface area contributed by atoms with E-state index in [2.05, 4.69) is 4.98 Å². The van der Waals surface area contributed by atoms with Gasteiger partial charge in [-0.1, -0.05) is 18.2 Å². The fourth-order valence-corrected chi connectivity index (χ4v) is 2.28. The lowest BCUT2D eigenvalue weighted by Crippen LogP contribution is -2.39. The number of H-pyrrole nitrogens is 1. The number of benzene rings is 1. The normalized spacial score (nSPS) is 16.3. The molecule has 0 spiro atoms. The molecule has 2 aromatic rings. The van der Waals surface area contributed by atoms with Crippen molar-refractivity contribution in [3.8, 4) is 0 Å². The number of ether oxygens (including phenoxy) is 1. The first-order valence-electron chi connectivity index (χ1n) is 6.45. The maximum Gasteiger partial charge on any atom is 0.246 e. The molecule has 4 heteroatoms. The Hall–Kier alpha value is -2.07. The summed E-state index contributed by atoms with van der Waals surface area (Å²) in [5.41, 5.74) is 2.12. The minimum absolute atomic E-state index is 0.0496. The van der Waals surface area contributed by atoms with Crippen LogP contribution in [0.4, 0.5) is 0 Å². The molecule has 1 saturated heterocycles. The first-order valence-corrected chi connectivity index (χ1v) is 6.45. The van der Waals surface area contributed by atoms with Crippen LogP contribution in [0.15, 0.2) is 36.5 Å². The summed E-state index contributed by atoms with van der Waals surface area (Å²) in [6, 6.07) is 8.06. The van der Waals surface area contributed by atoms with Crippen molar-refractivity contribution in [1.29, 1.82) is 0 Å². The van der Waals surface area contributed by atoms with Crippen LogP contribution in [0.25, 0.3) is 17.0 Å². The Labute approximate surface area is 111 Å². The first kappa shape index (κ1) is 12.0. The summed E-state index contributed by atoms with van der Waals surface area (Å²) in [4.78, 5) is 17.0. The van der Waals surface area contributed by atoms with Crippen molar-refractivity contribution in [1.82, 2.24) is 9.88 Å². The number of carbonyl (C=O) groups is 1. The molecular formula is C15H16N2O2. The Balaban J connectivity index is 1.76. The largest absolute Gasteiger partial charge is 0.378 e. The Bertz CT molecular complexity index is 609. The molecule has 1 aliphatic rings. The zero-order chi connectivity index (χ0) is 13.1. The van der Waals surface area contributed by atoms with Gasteiger partial charge in [-0.2, -0.15) is 0 Å². The Kier molecular flexibility index (Phi) is 3.33. The smallest absolute Gasteiger partial charge is 0.246 e. The number of rotatable bonds is 2. The van der Waals surface area contributed by atoms with E-state index in [1.165, 1.54) is 0 Å². The van der Waals surface area contributed by atoms with Gasteiger partial charge in [0.05, 0.1) is 13.2 Å². The van der Waals surface area contributed by atoms with Crippen LogP contribution in [0.5, 0.6) is 0 Å². The molecule has 4 nitrogen and oxygen atoms in total. The summed E-state index contributed by atoms with van der Waals surface area (Å²) in [5, 5.41) is 1.13. The number of hydrogen-bond acceptors (Lipinski definition) is 2. The molecule has 0 atom stereocenters. The first-order chi connectivity index (χ1) is 9.34. The van der Waals surface area contributed by atoms with Gasteiger partial charge < -0.3 is 14.6 Å². The lowest BCUT2D eigenvalue weighted by atomic mass is 10.1. The predicted molar refractivity (Wildman–Crippen MR) is 74.7 cm³/mol. The number of morpholine rings is 1. The van der Waals surface area contributed by atoms with E-state index in [0.29, 0.717) is 26.3 Å². The number of nitrogens with zero attached hydrogens (tertiary/aromatic N) is 1. The van der Waals surface area contributed by atoms with Gasteiger partial charge in [-0.05, 0) is 17.7 Å². The molecule has 1 amide bonds. The lowest BCUT2D eigenvalue weighted by molar-refractivity contribution is -0.129. The number of amides is 1.